The van der Waals surface area contributed by atoms with Crippen LogP contribution in [-0.2, 0) is 4.74 Å². The molecule has 0 aromatic heterocycles. The van der Waals surface area contributed by atoms with Gasteiger partial charge in [0.1, 0.15) is 5.76 Å². The second-order valence-corrected chi connectivity index (χ2v) is 5.41. The molecule has 0 aromatic carbocycles. The highest BCUT2D eigenvalue weighted by Gasteiger charge is 2.16. The fraction of sp³-hybridized carbons (Fsp3) is 0.692. The molecule has 0 aromatic rings. The molecule has 0 unspecified atom stereocenters. The van der Waals surface area contributed by atoms with Gasteiger partial charge in [-0.05, 0) is 25.2 Å². The second kappa shape index (κ2) is 4.73. The van der Waals surface area contributed by atoms with Crippen LogP contribution in [0.5, 0.6) is 0 Å². The summed E-state index contributed by atoms with van der Waals surface area (Å²) in [5.74, 6) is 0.842. The van der Waals surface area contributed by atoms with Crippen molar-refractivity contribution in [1.82, 2.24) is 5.32 Å². The van der Waals surface area contributed by atoms with E-state index in [0.717, 1.165) is 25.3 Å². The molecule has 0 amide bonds. The molecule has 0 saturated heterocycles. The van der Waals surface area contributed by atoms with Crippen LogP contribution in [0.15, 0.2) is 23.6 Å². The molecule has 0 fully saturated rings. The van der Waals surface area contributed by atoms with Crippen LogP contribution in [0.1, 0.15) is 40.5 Å². The molecule has 2 nitrogen and oxygen atoms in total. The summed E-state index contributed by atoms with van der Waals surface area (Å²) in [6, 6.07) is 0. The lowest BCUT2D eigenvalue weighted by atomic mass is 9.98. The van der Waals surface area contributed by atoms with Crippen LogP contribution in [0, 0.1) is 5.41 Å². The molecule has 1 aliphatic rings. The van der Waals surface area contributed by atoms with Gasteiger partial charge in [0.05, 0.1) is 6.61 Å². The predicted molar refractivity (Wildman–Crippen MR) is 64.5 cm³/mol. The van der Waals surface area contributed by atoms with Crippen molar-refractivity contribution in [3.63, 3.8) is 0 Å². The van der Waals surface area contributed by atoms with Gasteiger partial charge in [-0.2, -0.15) is 0 Å². The monoisotopic (exact) mass is 209 g/mol. The van der Waals surface area contributed by atoms with Crippen molar-refractivity contribution in [2.24, 2.45) is 5.41 Å². The average molecular weight is 209 g/mol. The van der Waals surface area contributed by atoms with Crippen molar-refractivity contribution in [2.45, 2.75) is 40.5 Å². The number of hydrogen-bond acceptors (Lipinski definition) is 2. The predicted octanol–water partition coefficient (Wildman–Crippen LogP) is 3.22. The standard InChI is InChI=1S/C13H23NO/c1-10-12(7-6-8-14-10)11(2)15-9-13(3,4)5/h14H,2,6-9H2,1,3-5H3. The van der Waals surface area contributed by atoms with Crippen LogP contribution >= 0.6 is 0 Å². The summed E-state index contributed by atoms with van der Waals surface area (Å²) >= 11 is 0. The highest BCUT2D eigenvalue weighted by Crippen LogP contribution is 2.24. The topological polar surface area (TPSA) is 21.3 Å². The van der Waals surface area contributed by atoms with Gasteiger partial charge in [-0.3, -0.25) is 0 Å². The Morgan fingerprint density at radius 2 is 2.13 bits per heavy atom. The van der Waals surface area contributed by atoms with Gasteiger partial charge in [0.15, 0.2) is 0 Å². The lowest BCUT2D eigenvalue weighted by Gasteiger charge is -2.24. The third-order valence-electron chi connectivity index (χ3n) is 2.46. The molecule has 1 rings (SSSR count). The Labute approximate surface area is 93.4 Å². The smallest absolute Gasteiger partial charge is 0.117 e. The fourth-order valence-corrected chi connectivity index (χ4v) is 1.57. The molecule has 0 aliphatic carbocycles. The molecule has 2 heteroatoms. The molecule has 1 heterocycles. The summed E-state index contributed by atoms with van der Waals surface area (Å²) < 4.78 is 5.72. The molecule has 0 atom stereocenters. The number of allylic oxidation sites excluding steroid dienone is 2. The van der Waals surface area contributed by atoms with E-state index in [9.17, 15) is 0 Å². The average Bonchev–Trinajstić information content (AvgIpc) is 2.14. The van der Waals surface area contributed by atoms with Gasteiger partial charge in [-0.15, -0.1) is 0 Å². The van der Waals surface area contributed by atoms with Crippen molar-refractivity contribution >= 4 is 0 Å². The summed E-state index contributed by atoms with van der Waals surface area (Å²) in [7, 11) is 0. The third-order valence-corrected chi connectivity index (χ3v) is 2.46. The Hall–Kier alpha value is -0.920. The van der Waals surface area contributed by atoms with Crippen molar-refractivity contribution in [1.29, 1.82) is 0 Å². The highest BCUT2D eigenvalue weighted by atomic mass is 16.5. The van der Waals surface area contributed by atoms with E-state index in [0.29, 0.717) is 0 Å². The summed E-state index contributed by atoms with van der Waals surface area (Å²) in [4.78, 5) is 0. The number of rotatable bonds is 3. The van der Waals surface area contributed by atoms with Gasteiger partial charge in [0.25, 0.3) is 0 Å². The molecule has 0 saturated carbocycles. The van der Waals surface area contributed by atoms with E-state index in [2.05, 4.69) is 39.6 Å². The van der Waals surface area contributed by atoms with Gasteiger partial charge < -0.3 is 10.1 Å². The van der Waals surface area contributed by atoms with Crippen LogP contribution in [0.2, 0.25) is 0 Å². The Morgan fingerprint density at radius 3 is 2.67 bits per heavy atom. The summed E-state index contributed by atoms with van der Waals surface area (Å²) in [6.07, 6.45) is 2.26. The highest BCUT2D eigenvalue weighted by molar-refractivity contribution is 5.29. The van der Waals surface area contributed by atoms with Crippen molar-refractivity contribution in [3.8, 4) is 0 Å². The van der Waals surface area contributed by atoms with E-state index >= 15 is 0 Å². The minimum absolute atomic E-state index is 0.194. The summed E-state index contributed by atoms with van der Waals surface area (Å²) in [5.41, 5.74) is 2.67. The fourth-order valence-electron chi connectivity index (χ4n) is 1.57. The Bertz CT molecular complexity index is 271. The summed E-state index contributed by atoms with van der Waals surface area (Å²) in [6.45, 7) is 14.4. The minimum atomic E-state index is 0.194. The largest absolute Gasteiger partial charge is 0.493 e. The number of ether oxygens (including phenoxy) is 1. The quantitative estimate of drug-likeness (QED) is 0.721. The Balaban J connectivity index is 2.53. The molecule has 1 aliphatic heterocycles. The van der Waals surface area contributed by atoms with Crippen molar-refractivity contribution in [2.75, 3.05) is 13.2 Å². The van der Waals surface area contributed by atoms with Crippen molar-refractivity contribution < 1.29 is 4.74 Å². The molecule has 0 bridgehead atoms. The van der Waals surface area contributed by atoms with E-state index in [1.54, 1.807) is 0 Å². The lowest BCUT2D eigenvalue weighted by Crippen LogP contribution is -2.22. The molecular formula is C13H23NO. The lowest BCUT2D eigenvalue weighted by molar-refractivity contribution is 0.132. The molecule has 0 spiro atoms. The first kappa shape index (κ1) is 12.2. The Kier molecular flexibility index (Phi) is 3.83. The van der Waals surface area contributed by atoms with Gasteiger partial charge >= 0.3 is 0 Å². The second-order valence-electron chi connectivity index (χ2n) is 5.41. The first-order valence-electron chi connectivity index (χ1n) is 5.66. The number of hydrogen-bond donors (Lipinski definition) is 1. The van der Waals surface area contributed by atoms with E-state index in [4.69, 9.17) is 4.74 Å². The zero-order valence-corrected chi connectivity index (χ0v) is 10.4. The van der Waals surface area contributed by atoms with Crippen molar-refractivity contribution in [3.05, 3.63) is 23.6 Å². The van der Waals surface area contributed by atoms with Crippen LogP contribution in [0.3, 0.4) is 0 Å². The molecular weight excluding hydrogens is 186 g/mol. The van der Waals surface area contributed by atoms with E-state index in [1.807, 2.05) is 0 Å². The third kappa shape index (κ3) is 3.98. The zero-order valence-electron chi connectivity index (χ0n) is 10.4. The Morgan fingerprint density at radius 1 is 1.47 bits per heavy atom. The molecule has 86 valence electrons. The van der Waals surface area contributed by atoms with Crippen LogP contribution in [-0.4, -0.2) is 13.2 Å². The van der Waals surface area contributed by atoms with Gasteiger partial charge in [0, 0.05) is 17.8 Å². The summed E-state index contributed by atoms with van der Waals surface area (Å²) in [5, 5.41) is 3.35. The van der Waals surface area contributed by atoms with Crippen LogP contribution < -0.4 is 5.32 Å². The normalized spacial score (nSPS) is 17.3. The van der Waals surface area contributed by atoms with E-state index in [-0.39, 0.29) is 5.41 Å². The first-order chi connectivity index (χ1) is 6.90. The van der Waals surface area contributed by atoms with Crippen LogP contribution in [0.25, 0.3) is 0 Å². The molecule has 1 N–H and O–H groups in total. The molecule has 0 radical (unpaired) electrons. The van der Waals surface area contributed by atoms with E-state index < -0.39 is 0 Å². The van der Waals surface area contributed by atoms with Gasteiger partial charge in [-0.25, -0.2) is 0 Å². The van der Waals surface area contributed by atoms with E-state index in [1.165, 1.54) is 17.7 Å². The maximum Gasteiger partial charge on any atom is 0.117 e. The molecule has 15 heavy (non-hydrogen) atoms. The van der Waals surface area contributed by atoms with Crippen LogP contribution in [0.4, 0.5) is 0 Å². The minimum Gasteiger partial charge on any atom is -0.493 e. The van der Waals surface area contributed by atoms with Gasteiger partial charge in [-0.1, -0.05) is 27.4 Å². The maximum absolute atomic E-state index is 5.72. The SMILES string of the molecule is C=C(OCC(C)(C)C)C1=C(C)NCCC1. The maximum atomic E-state index is 5.72. The number of nitrogens with one attached hydrogen (secondary N) is 1. The first-order valence-corrected chi connectivity index (χ1v) is 5.66. The zero-order chi connectivity index (χ0) is 11.5. The van der Waals surface area contributed by atoms with Gasteiger partial charge in [0.2, 0.25) is 0 Å².